The lowest BCUT2D eigenvalue weighted by molar-refractivity contribution is -0.118. The van der Waals surface area contributed by atoms with Crippen molar-refractivity contribution in [3.8, 4) is 0 Å². The Kier molecular flexibility index (Phi) is 2.17. The van der Waals surface area contributed by atoms with Gasteiger partial charge in [0.05, 0.1) is 11.5 Å². The molecule has 0 aliphatic rings. The third kappa shape index (κ3) is 1.32. The van der Waals surface area contributed by atoms with Crippen LogP contribution in [0, 0.1) is 6.92 Å². The average Bonchev–Trinajstić information content (AvgIpc) is 2.32. The quantitative estimate of drug-likeness (QED) is 0.717. The molecule has 1 heterocycles. The van der Waals surface area contributed by atoms with E-state index in [9.17, 15) is 9.59 Å². The lowest BCUT2D eigenvalue weighted by Gasteiger charge is -2.01. The summed E-state index contributed by atoms with van der Waals surface area (Å²) in [5, 5.41) is 2.19. The van der Waals surface area contributed by atoms with Crippen LogP contribution in [0.15, 0.2) is 9.32 Å². The molecule has 0 radical (unpaired) electrons. The van der Waals surface area contributed by atoms with E-state index in [1.54, 1.807) is 13.8 Å². The molecular formula is C8H11NO3. The zero-order chi connectivity index (χ0) is 9.30. The van der Waals surface area contributed by atoms with Gasteiger partial charge < -0.3 is 4.52 Å². The van der Waals surface area contributed by atoms with E-state index in [0.29, 0.717) is 11.3 Å². The van der Waals surface area contributed by atoms with Gasteiger partial charge in [0.15, 0.2) is 5.76 Å². The average molecular weight is 169 g/mol. The maximum absolute atomic E-state index is 10.9. The minimum Gasteiger partial charge on any atom is -0.382 e. The van der Waals surface area contributed by atoms with Crippen LogP contribution >= 0.6 is 0 Å². The number of aromatic amines is 1. The van der Waals surface area contributed by atoms with Crippen LogP contribution in [0.3, 0.4) is 0 Å². The maximum Gasteiger partial charge on any atom is 0.283 e. The number of hydrogen-bond donors (Lipinski definition) is 1. The van der Waals surface area contributed by atoms with Crippen molar-refractivity contribution < 1.29 is 9.32 Å². The lowest BCUT2D eigenvalue weighted by atomic mass is 10.0. The number of carbonyl (C=O) groups is 1. The SMILES string of the molecule is CC(=O)C(C)c1o[nH]c(=O)c1C. The van der Waals surface area contributed by atoms with Crippen molar-refractivity contribution >= 4 is 5.78 Å². The van der Waals surface area contributed by atoms with Crippen molar-refractivity contribution in [1.29, 1.82) is 0 Å². The minimum absolute atomic E-state index is 0.0131. The summed E-state index contributed by atoms with van der Waals surface area (Å²) in [6, 6.07) is 0. The molecule has 4 nitrogen and oxygen atoms in total. The molecular weight excluding hydrogens is 158 g/mol. The van der Waals surface area contributed by atoms with E-state index in [0.717, 1.165) is 0 Å². The third-order valence-corrected chi connectivity index (χ3v) is 1.97. The molecule has 12 heavy (non-hydrogen) atoms. The number of carbonyl (C=O) groups excluding carboxylic acids is 1. The van der Waals surface area contributed by atoms with Crippen molar-refractivity contribution in [1.82, 2.24) is 5.16 Å². The lowest BCUT2D eigenvalue weighted by Crippen LogP contribution is -2.07. The molecule has 1 unspecified atom stereocenters. The molecule has 4 heteroatoms. The smallest absolute Gasteiger partial charge is 0.283 e. The van der Waals surface area contributed by atoms with Crippen molar-refractivity contribution in [3.05, 3.63) is 21.7 Å². The first-order valence-corrected chi connectivity index (χ1v) is 3.72. The molecule has 0 spiro atoms. The number of aromatic nitrogens is 1. The van der Waals surface area contributed by atoms with Gasteiger partial charge in [-0.25, -0.2) is 0 Å². The Morgan fingerprint density at radius 3 is 2.50 bits per heavy atom. The van der Waals surface area contributed by atoms with Crippen LogP contribution in [-0.4, -0.2) is 10.9 Å². The minimum atomic E-state index is -0.344. The van der Waals surface area contributed by atoms with Crippen LogP contribution in [0.5, 0.6) is 0 Å². The van der Waals surface area contributed by atoms with Gasteiger partial charge in [-0.15, -0.1) is 0 Å². The van der Waals surface area contributed by atoms with E-state index in [4.69, 9.17) is 4.52 Å². The van der Waals surface area contributed by atoms with Crippen LogP contribution in [0.1, 0.15) is 31.1 Å². The molecule has 0 aromatic carbocycles. The Balaban J connectivity index is 3.11. The Morgan fingerprint density at radius 1 is 1.58 bits per heavy atom. The first-order valence-electron chi connectivity index (χ1n) is 3.72. The van der Waals surface area contributed by atoms with E-state index >= 15 is 0 Å². The molecule has 0 saturated heterocycles. The van der Waals surface area contributed by atoms with Crippen molar-refractivity contribution in [2.45, 2.75) is 26.7 Å². The number of H-pyrrole nitrogens is 1. The monoisotopic (exact) mass is 169 g/mol. The van der Waals surface area contributed by atoms with Gasteiger partial charge >= 0.3 is 0 Å². The van der Waals surface area contributed by atoms with Gasteiger partial charge in [0.2, 0.25) is 0 Å². The van der Waals surface area contributed by atoms with Gasteiger partial charge in [-0.1, -0.05) is 0 Å². The Morgan fingerprint density at radius 2 is 2.17 bits per heavy atom. The predicted molar refractivity (Wildman–Crippen MR) is 43.2 cm³/mol. The second-order valence-corrected chi connectivity index (χ2v) is 2.85. The number of hydrogen-bond acceptors (Lipinski definition) is 3. The fourth-order valence-corrected chi connectivity index (χ4v) is 0.964. The van der Waals surface area contributed by atoms with Crippen LogP contribution in [0.25, 0.3) is 0 Å². The van der Waals surface area contributed by atoms with E-state index in [1.165, 1.54) is 6.92 Å². The Hall–Kier alpha value is -1.32. The van der Waals surface area contributed by atoms with Crippen molar-refractivity contribution in [2.24, 2.45) is 0 Å². The van der Waals surface area contributed by atoms with Gasteiger partial charge in [0.25, 0.3) is 5.56 Å². The van der Waals surface area contributed by atoms with Gasteiger partial charge in [-0.2, -0.15) is 5.16 Å². The summed E-state index contributed by atoms with van der Waals surface area (Å²) in [5.74, 6) is 0.0808. The van der Waals surface area contributed by atoms with E-state index in [1.807, 2.05) is 0 Å². The largest absolute Gasteiger partial charge is 0.382 e. The summed E-state index contributed by atoms with van der Waals surface area (Å²) in [5.41, 5.74) is 0.218. The number of Topliss-reactive ketones (excluding diaryl/α,β-unsaturated/α-hetero) is 1. The highest BCUT2D eigenvalue weighted by molar-refractivity contribution is 5.82. The zero-order valence-corrected chi connectivity index (χ0v) is 7.30. The van der Waals surface area contributed by atoms with Crippen LogP contribution < -0.4 is 5.56 Å². The van der Waals surface area contributed by atoms with Crippen LogP contribution in [0.2, 0.25) is 0 Å². The Bertz CT molecular complexity index is 347. The summed E-state index contributed by atoms with van der Waals surface area (Å²) in [7, 11) is 0. The fraction of sp³-hybridized carbons (Fsp3) is 0.500. The number of nitrogens with one attached hydrogen (secondary N) is 1. The number of ketones is 1. The molecule has 66 valence electrons. The van der Waals surface area contributed by atoms with E-state index in [-0.39, 0.29) is 17.3 Å². The zero-order valence-electron chi connectivity index (χ0n) is 7.30. The van der Waals surface area contributed by atoms with Gasteiger partial charge in [-0.05, 0) is 20.8 Å². The van der Waals surface area contributed by atoms with Crippen molar-refractivity contribution in [2.75, 3.05) is 0 Å². The van der Waals surface area contributed by atoms with Gasteiger partial charge in [0.1, 0.15) is 5.78 Å². The standard InChI is InChI=1S/C8H11NO3/c1-4(6(3)10)7-5(2)8(11)9-12-7/h4H,1-3H3,(H,9,11). The molecule has 1 aromatic heterocycles. The summed E-state index contributed by atoms with van der Waals surface area (Å²) < 4.78 is 4.86. The molecule has 1 rings (SSSR count). The first kappa shape index (κ1) is 8.77. The van der Waals surface area contributed by atoms with Crippen LogP contribution in [0.4, 0.5) is 0 Å². The van der Waals surface area contributed by atoms with Gasteiger partial charge in [-0.3, -0.25) is 9.59 Å². The molecule has 0 fully saturated rings. The molecule has 1 atom stereocenters. The Labute approximate surface area is 69.5 Å². The van der Waals surface area contributed by atoms with Crippen molar-refractivity contribution in [3.63, 3.8) is 0 Å². The molecule has 0 aliphatic heterocycles. The highest BCUT2D eigenvalue weighted by atomic mass is 16.5. The maximum atomic E-state index is 10.9. The molecule has 1 N–H and O–H groups in total. The number of rotatable bonds is 2. The molecule has 0 aliphatic carbocycles. The van der Waals surface area contributed by atoms with E-state index in [2.05, 4.69) is 5.16 Å². The predicted octanol–water partition coefficient (Wildman–Crippen LogP) is 0.969. The molecule has 1 aromatic rings. The normalized spacial score (nSPS) is 12.9. The third-order valence-electron chi connectivity index (χ3n) is 1.97. The molecule has 0 amide bonds. The highest BCUT2D eigenvalue weighted by Gasteiger charge is 2.18. The van der Waals surface area contributed by atoms with Gasteiger partial charge in [0, 0.05) is 0 Å². The summed E-state index contributed by atoms with van der Waals surface area (Å²) in [6.45, 7) is 4.82. The summed E-state index contributed by atoms with van der Waals surface area (Å²) in [4.78, 5) is 21.8. The second-order valence-electron chi connectivity index (χ2n) is 2.85. The second kappa shape index (κ2) is 2.97. The highest BCUT2D eigenvalue weighted by Crippen LogP contribution is 2.16. The van der Waals surface area contributed by atoms with Crippen LogP contribution in [-0.2, 0) is 4.79 Å². The summed E-state index contributed by atoms with van der Waals surface area (Å²) in [6.07, 6.45) is 0. The van der Waals surface area contributed by atoms with E-state index < -0.39 is 0 Å². The topological polar surface area (TPSA) is 63.1 Å². The molecule has 0 bridgehead atoms. The fourth-order valence-electron chi connectivity index (χ4n) is 0.964. The first-order chi connectivity index (χ1) is 5.54. The molecule has 0 saturated carbocycles. The summed E-state index contributed by atoms with van der Waals surface area (Å²) >= 11 is 0.